The molecule has 1 aromatic carbocycles. The van der Waals surface area contributed by atoms with Crippen LogP contribution in [-0.2, 0) is 14.3 Å². The van der Waals surface area contributed by atoms with E-state index in [4.69, 9.17) is 14.5 Å². The summed E-state index contributed by atoms with van der Waals surface area (Å²) in [5.41, 5.74) is 1.35. The highest BCUT2D eigenvalue weighted by atomic mass is 32.1. The number of carbonyl (C=O) groups is 2. The number of aryl methyl sites for hydroxylation is 1. The molecule has 1 saturated heterocycles. The van der Waals surface area contributed by atoms with Crippen LogP contribution in [-0.4, -0.2) is 60.9 Å². The van der Waals surface area contributed by atoms with Gasteiger partial charge in [0.15, 0.2) is 0 Å². The zero-order valence-corrected chi connectivity index (χ0v) is 29.8. The summed E-state index contributed by atoms with van der Waals surface area (Å²) in [5.74, 6) is -1.00. The number of hydrogen-bond donors (Lipinski definition) is 0. The number of esters is 1. The van der Waals surface area contributed by atoms with Gasteiger partial charge in [-0.3, -0.25) is 4.79 Å². The van der Waals surface area contributed by atoms with Crippen LogP contribution in [0.25, 0.3) is 5.82 Å². The maximum Gasteiger partial charge on any atom is 0.423 e. The molecule has 0 unspecified atom stereocenters. The van der Waals surface area contributed by atoms with Gasteiger partial charge in [0.1, 0.15) is 10.5 Å². The number of ether oxygens (including phenoxy) is 2. The molecule has 2 aliphatic heterocycles. The van der Waals surface area contributed by atoms with Crippen molar-refractivity contribution >= 4 is 40.6 Å². The van der Waals surface area contributed by atoms with E-state index in [1.54, 1.807) is 30.1 Å². The lowest BCUT2D eigenvalue weighted by Crippen LogP contribution is -2.52. The minimum atomic E-state index is -1.43. The largest absolute Gasteiger partial charge is 0.423 e. The van der Waals surface area contributed by atoms with Crippen LogP contribution in [0.2, 0.25) is 0 Å². The molecule has 254 valence electrons. The molecule has 1 amide bonds. The second-order valence-corrected chi connectivity index (χ2v) is 14.6. The predicted octanol–water partition coefficient (Wildman–Crippen LogP) is 8.04. The number of anilines is 1. The van der Waals surface area contributed by atoms with Crippen LogP contribution in [0.15, 0.2) is 35.3 Å². The third-order valence-electron chi connectivity index (χ3n) is 8.80. The number of rotatable bonds is 17. The smallest absolute Gasteiger partial charge is 0.423 e. The number of nitrogens with zero attached hydrogens (tertiary/aromatic N) is 4. The van der Waals surface area contributed by atoms with E-state index in [9.17, 15) is 9.59 Å². The molecule has 0 N–H and O–H groups in total. The van der Waals surface area contributed by atoms with Gasteiger partial charge in [-0.1, -0.05) is 96.1 Å². The van der Waals surface area contributed by atoms with E-state index in [1.165, 1.54) is 64.2 Å². The van der Waals surface area contributed by atoms with Crippen molar-refractivity contribution in [2.45, 2.75) is 123 Å². The maximum absolute atomic E-state index is 14.1. The molecule has 46 heavy (non-hydrogen) atoms. The predicted molar refractivity (Wildman–Crippen MR) is 188 cm³/mol. The average molecular weight is 653 g/mol. The van der Waals surface area contributed by atoms with E-state index in [-0.39, 0.29) is 5.97 Å². The highest BCUT2D eigenvalue weighted by Crippen LogP contribution is 2.35. The lowest BCUT2D eigenvalue weighted by molar-refractivity contribution is -0.193. The first kappa shape index (κ1) is 35.9. The number of hydrogen-bond acceptors (Lipinski definition) is 8. The number of thiophene rings is 1. The Morgan fingerprint density at radius 2 is 1.43 bits per heavy atom. The van der Waals surface area contributed by atoms with E-state index < -0.39 is 11.9 Å². The van der Waals surface area contributed by atoms with Crippen molar-refractivity contribution in [1.82, 2.24) is 9.80 Å². The Kier molecular flexibility index (Phi) is 13.9. The molecule has 1 aromatic heterocycles. The Labute approximate surface area is 280 Å². The van der Waals surface area contributed by atoms with Crippen molar-refractivity contribution in [2.75, 3.05) is 38.1 Å². The lowest BCUT2D eigenvalue weighted by Gasteiger charge is -2.39. The molecule has 0 radical (unpaired) electrons. The van der Waals surface area contributed by atoms with Gasteiger partial charge in [0.25, 0.3) is 5.79 Å². The normalized spacial score (nSPS) is 15.2. The fourth-order valence-electron chi connectivity index (χ4n) is 6.24. The first-order chi connectivity index (χ1) is 22.2. The fraction of sp³-hybridized carbons (Fsp3) is 0.649. The summed E-state index contributed by atoms with van der Waals surface area (Å²) in [7, 11) is 2.11. The summed E-state index contributed by atoms with van der Waals surface area (Å²) in [5, 5.41) is 0.914. The number of piperazine rings is 1. The molecule has 0 aliphatic carbocycles. The second kappa shape index (κ2) is 17.9. The molecule has 1 fully saturated rings. The number of para-hydroxylation sites is 2. The Balaban J connectivity index is 1.32. The molecule has 8 nitrogen and oxygen atoms in total. The molecule has 4 rings (SSSR count). The van der Waals surface area contributed by atoms with Crippen LogP contribution >= 0.6 is 11.3 Å². The zero-order valence-electron chi connectivity index (χ0n) is 28.9. The summed E-state index contributed by atoms with van der Waals surface area (Å²) in [6, 6.07) is 9.75. The number of benzene rings is 1. The van der Waals surface area contributed by atoms with Crippen LogP contribution in [0, 0.1) is 6.92 Å². The van der Waals surface area contributed by atoms with E-state index in [1.807, 2.05) is 24.3 Å². The zero-order chi connectivity index (χ0) is 32.9. The van der Waals surface area contributed by atoms with Gasteiger partial charge in [0, 0.05) is 51.3 Å². The summed E-state index contributed by atoms with van der Waals surface area (Å²) in [6.07, 6.45) is 16.0. The minimum Gasteiger partial charge on any atom is -0.423 e. The van der Waals surface area contributed by atoms with E-state index >= 15 is 0 Å². The van der Waals surface area contributed by atoms with Crippen LogP contribution in [0.3, 0.4) is 0 Å². The van der Waals surface area contributed by atoms with Gasteiger partial charge in [-0.15, -0.1) is 11.3 Å². The summed E-state index contributed by atoms with van der Waals surface area (Å²) < 4.78 is 12.6. The maximum atomic E-state index is 14.1. The third-order valence-corrected chi connectivity index (χ3v) is 9.74. The van der Waals surface area contributed by atoms with E-state index in [0.29, 0.717) is 17.8 Å². The third kappa shape index (κ3) is 10.6. The monoisotopic (exact) mass is 652 g/mol. The number of fused-ring (bicyclic) bond motifs is 2. The van der Waals surface area contributed by atoms with Gasteiger partial charge in [0.2, 0.25) is 0 Å². The van der Waals surface area contributed by atoms with Gasteiger partial charge in [-0.05, 0) is 38.6 Å². The Bertz CT molecular complexity index is 1400. The molecular weight excluding hydrogens is 596 g/mol. The molecular formula is C37H56N4O4S. The first-order valence-corrected chi connectivity index (χ1v) is 18.5. The minimum absolute atomic E-state index is 0.320. The van der Waals surface area contributed by atoms with E-state index in [0.717, 1.165) is 66.0 Å². The highest BCUT2D eigenvalue weighted by Gasteiger charge is 2.36. The van der Waals surface area contributed by atoms with Crippen molar-refractivity contribution in [3.63, 3.8) is 0 Å². The Hall–Kier alpha value is -2.91. The van der Waals surface area contributed by atoms with Gasteiger partial charge in [0.05, 0.1) is 16.6 Å². The standard InChI is InChI=1S/C37H56N4O4S/c1-6-7-8-9-10-11-12-13-14-15-16-17-18-23-33(42)44-37(3,4)45-36(43)41-32-22-20-19-21-31(32)38-34-30(28-29(2)46-34)35(41)40-26-24-39(5)25-27-40/h19-22,28H,6-18,23-27H2,1-5H3. The molecule has 3 heterocycles. The van der Waals surface area contributed by atoms with Crippen molar-refractivity contribution in [3.8, 4) is 0 Å². The number of amides is 1. The molecule has 0 saturated carbocycles. The molecule has 0 spiro atoms. The quantitative estimate of drug-likeness (QED) is 0.0979. The van der Waals surface area contributed by atoms with Gasteiger partial charge >= 0.3 is 12.1 Å². The number of likely N-dealkylation sites (N-methyl/N-ethyl adjacent to an activating group) is 1. The molecule has 2 aliphatic rings. The van der Waals surface area contributed by atoms with Crippen LogP contribution < -0.4 is 14.8 Å². The van der Waals surface area contributed by atoms with Crippen molar-refractivity contribution in [3.05, 3.63) is 45.1 Å². The van der Waals surface area contributed by atoms with E-state index in [2.05, 4.69) is 36.8 Å². The van der Waals surface area contributed by atoms with Gasteiger partial charge in [-0.25, -0.2) is 14.7 Å². The molecule has 0 atom stereocenters. The van der Waals surface area contributed by atoms with Crippen molar-refractivity contribution in [2.24, 2.45) is 4.99 Å². The number of carbonyl (C=O) groups excluding carboxylic acids is 2. The highest BCUT2D eigenvalue weighted by molar-refractivity contribution is 7.09. The van der Waals surface area contributed by atoms with Crippen LogP contribution in [0.1, 0.15) is 116 Å². The molecule has 2 aromatic rings. The van der Waals surface area contributed by atoms with Crippen molar-refractivity contribution < 1.29 is 19.1 Å². The number of unbranched alkanes of at least 4 members (excludes halogenated alkanes) is 12. The lowest BCUT2D eigenvalue weighted by atomic mass is 10.0. The van der Waals surface area contributed by atoms with Gasteiger partial charge in [-0.2, -0.15) is 0 Å². The summed E-state index contributed by atoms with van der Waals surface area (Å²) in [4.78, 5) is 39.2. The first-order valence-electron chi connectivity index (χ1n) is 17.7. The summed E-state index contributed by atoms with van der Waals surface area (Å²) in [6.45, 7) is 10.9. The Morgan fingerprint density at radius 3 is 2.07 bits per heavy atom. The van der Waals surface area contributed by atoms with Crippen LogP contribution in [0.5, 0.6) is 0 Å². The topological polar surface area (TPSA) is 74.7 Å². The molecule has 9 heteroatoms. The average Bonchev–Trinajstić information content (AvgIpc) is 3.31. The summed E-state index contributed by atoms with van der Waals surface area (Å²) >= 11 is 1.62. The van der Waals surface area contributed by atoms with Crippen molar-refractivity contribution in [1.29, 1.82) is 0 Å². The SMILES string of the molecule is CCCCCCCCCCCCCCCC(=O)OC(C)(C)OC(=O)N1C(N2CCN(C)CC2)=c2cc(C)sc2=Nc2ccccc21. The molecule has 0 bridgehead atoms. The Morgan fingerprint density at radius 1 is 0.848 bits per heavy atom. The van der Waals surface area contributed by atoms with Gasteiger partial charge < -0.3 is 19.3 Å². The fourth-order valence-corrected chi connectivity index (χ4v) is 7.13. The second-order valence-electron chi connectivity index (χ2n) is 13.4. The van der Waals surface area contributed by atoms with Crippen LogP contribution in [0.4, 0.5) is 16.2 Å².